The normalized spacial score (nSPS) is 13.3. The maximum atomic E-state index is 12.5. The molecule has 0 bridgehead atoms. The fourth-order valence-corrected chi connectivity index (χ4v) is 4.88. The number of carbonyl (C=O) groups is 1. The van der Waals surface area contributed by atoms with Gasteiger partial charge in [-0.15, -0.1) is 0 Å². The summed E-state index contributed by atoms with van der Waals surface area (Å²) in [5.41, 5.74) is 5.65. The smallest absolute Gasteiger partial charge is 0.309 e. The second-order valence-corrected chi connectivity index (χ2v) is 10.2. The third-order valence-corrected chi connectivity index (χ3v) is 7.58. The number of ether oxygens (including phenoxy) is 2. The number of benzene rings is 2. The van der Waals surface area contributed by atoms with Gasteiger partial charge in [0.15, 0.2) is 0 Å². The van der Waals surface area contributed by atoms with Crippen molar-refractivity contribution in [2.45, 2.75) is 59.8 Å². The molecule has 1 aromatic heterocycles. The van der Waals surface area contributed by atoms with Crippen molar-refractivity contribution in [2.24, 2.45) is 5.92 Å². The lowest BCUT2D eigenvalue weighted by Crippen LogP contribution is -2.22. The number of allylic oxidation sites excluding steroid dienone is 5. The van der Waals surface area contributed by atoms with Crippen LogP contribution in [-0.4, -0.2) is 24.7 Å². The Hall–Kier alpha value is -3.57. The van der Waals surface area contributed by atoms with E-state index < -0.39 is 0 Å². The number of carbonyl (C=O) groups excluding carboxylic acids is 1. The van der Waals surface area contributed by atoms with Gasteiger partial charge in [0.2, 0.25) is 5.89 Å². The van der Waals surface area contributed by atoms with Crippen molar-refractivity contribution in [3.05, 3.63) is 100 Å². The number of hydrogen-bond acceptors (Lipinski definition) is 5. The predicted molar refractivity (Wildman–Crippen MR) is 164 cm³/mol. The molecular weight excluding hydrogens is 522 g/mol. The molecule has 0 aliphatic rings. The van der Waals surface area contributed by atoms with Crippen LogP contribution in [-0.2, 0) is 22.4 Å². The lowest BCUT2D eigenvalue weighted by Gasteiger charge is -2.25. The van der Waals surface area contributed by atoms with Gasteiger partial charge in [0.25, 0.3) is 0 Å². The van der Waals surface area contributed by atoms with E-state index in [0.29, 0.717) is 30.4 Å². The van der Waals surface area contributed by atoms with Gasteiger partial charge in [-0.25, -0.2) is 4.98 Å². The van der Waals surface area contributed by atoms with E-state index in [9.17, 15) is 4.79 Å². The Morgan fingerprint density at radius 2 is 1.90 bits per heavy atom. The Kier molecular flexibility index (Phi) is 11.4. The summed E-state index contributed by atoms with van der Waals surface area (Å²) < 4.78 is 17.4. The molecule has 0 spiro atoms. The lowest BCUT2D eigenvalue weighted by molar-refractivity contribution is -0.146. The number of aromatic nitrogens is 1. The van der Waals surface area contributed by atoms with Gasteiger partial charge in [-0.1, -0.05) is 69.3 Å². The number of oxazole rings is 1. The molecule has 6 heteroatoms. The molecular formula is C34H40ClNO4. The van der Waals surface area contributed by atoms with E-state index in [0.717, 1.165) is 51.5 Å². The van der Waals surface area contributed by atoms with Gasteiger partial charge in [-0.2, -0.15) is 0 Å². The van der Waals surface area contributed by atoms with Crippen LogP contribution in [0.1, 0.15) is 68.2 Å². The van der Waals surface area contributed by atoms with Crippen molar-refractivity contribution in [2.75, 3.05) is 13.7 Å². The number of halogens is 1. The quantitative estimate of drug-likeness (QED) is 0.154. The Labute approximate surface area is 243 Å². The van der Waals surface area contributed by atoms with E-state index in [1.807, 2.05) is 69.3 Å². The molecule has 0 saturated heterocycles. The van der Waals surface area contributed by atoms with E-state index in [1.165, 1.54) is 7.11 Å². The number of rotatable bonds is 13. The zero-order valence-corrected chi connectivity index (χ0v) is 25.2. The molecule has 2 aromatic carbocycles. The highest BCUT2D eigenvalue weighted by molar-refractivity contribution is 6.31. The molecule has 0 saturated carbocycles. The summed E-state index contributed by atoms with van der Waals surface area (Å²) in [6, 6.07) is 14.0. The van der Waals surface area contributed by atoms with Gasteiger partial charge in [-0.3, -0.25) is 4.79 Å². The van der Waals surface area contributed by atoms with Crippen molar-refractivity contribution >= 4 is 23.1 Å². The lowest BCUT2D eigenvalue weighted by atomic mass is 9.81. The second-order valence-electron chi connectivity index (χ2n) is 9.75. The minimum Gasteiger partial charge on any atom is -0.493 e. The first-order chi connectivity index (χ1) is 19.2. The first kappa shape index (κ1) is 31.0. The average Bonchev–Trinajstić information content (AvgIpc) is 3.35. The van der Waals surface area contributed by atoms with E-state index in [-0.39, 0.29) is 17.8 Å². The third kappa shape index (κ3) is 7.54. The minimum absolute atomic E-state index is 0.0368. The van der Waals surface area contributed by atoms with E-state index in [4.69, 9.17) is 30.5 Å². The summed E-state index contributed by atoms with van der Waals surface area (Å²) >= 11 is 6.22. The number of aryl methyl sites for hydroxylation is 2. The van der Waals surface area contributed by atoms with Crippen LogP contribution in [0, 0.1) is 12.8 Å². The summed E-state index contributed by atoms with van der Waals surface area (Å²) in [5, 5.41) is 0.620. The van der Waals surface area contributed by atoms with Crippen molar-refractivity contribution in [3.63, 3.8) is 0 Å². The van der Waals surface area contributed by atoms with Gasteiger partial charge < -0.3 is 13.9 Å². The molecule has 0 fully saturated rings. The highest BCUT2D eigenvalue weighted by Crippen LogP contribution is 2.37. The highest BCUT2D eigenvalue weighted by Gasteiger charge is 2.28. The van der Waals surface area contributed by atoms with Crippen LogP contribution in [0.25, 0.3) is 17.0 Å². The van der Waals surface area contributed by atoms with Crippen LogP contribution in [0.2, 0.25) is 0 Å². The standard InChI is InChI=1S/C34H40ClNO4/c1-8-25-20-32(39-19-18-31-24(6)40-33(36-31)26-14-12-11-13-15-26)29(22(4)16-17-27(35)9-2)21-30(25)23(5)28(10-3)34(37)38-7/h9,11-17,20-21,23,28H,4,8,10,18-19H2,1-3,5-7H3. The monoisotopic (exact) mass is 561 g/mol. The average molecular weight is 562 g/mol. The molecule has 2 atom stereocenters. The van der Waals surface area contributed by atoms with Gasteiger partial charge >= 0.3 is 5.97 Å². The summed E-state index contributed by atoms with van der Waals surface area (Å²) in [7, 11) is 1.44. The van der Waals surface area contributed by atoms with Crippen molar-refractivity contribution in [1.82, 2.24) is 4.98 Å². The van der Waals surface area contributed by atoms with Crippen LogP contribution in [0.4, 0.5) is 0 Å². The van der Waals surface area contributed by atoms with Gasteiger partial charge in [0.1, 0.15) is 11.5 Å². The highest BCUT2D eigenvalue weighted by atomic mass is 35.5. The van der Waals surface area contributed by atoms with Gasteiger partial charge in [0, 0.05) is 22.6 Å². The van der Waals surface area contributed by atoms with Gasteiger partial charge in [-0.05, 0) is 79.6 Å². The van der Waals surface area contributed by atoms with Crippen molar-refractivity contribution in [1.29, 1.82) is 0 Å². The molecule has 0 N–H and O–H groups in total. The molecule has 40 heavy (non-hydrogen) atoms. The third-order valence-electron chi connectivity index (χ3n) is 7.24. The van der Waals surface area contributed by atoms with Crippen LogP contribution in [0.5, 0.6) is 5.75 Å². The molecule has 5 nitrogen and oxygen atoms in total. The molecule has 0 radical (unpaired) electrons. The summed E-state index contributed by atoms with van der Waals surface area (Å²) in [5.74, 6) is 1.64. The van der Waals surface area contributed by atoms with Crippen LogP contribution in [0.15, 0.2) is 76.7 Å². The summed E-state index contributed by atoms with van der Waals surface area (Å²) in [4.78, 5) is 17.3. The summed E-state index contributed by atoms with van der Waals surface area (Å²) in [6.07, 6.45) is 7.60. The molecule has 1 heterocycles. The Bertz CT molecular complexity index is 1370. The molecule has 3 aromatic rings. The Morgan fingerprint density at radius 1 is 1.18 bits per heavy atom. The number of methoxy groups -OCH3 is 1. The number of esters is 1. The molecule has 3 rings (SSSR count). The molecule has 2 unspecified atom stereocenters. The fourth-order valence-electron chi connectivity index (χ4n) is 4.82. The molecule has 0 aliphatic heterocycles. The maximum absolute atomic E-state index is 12.5. The fraction of sp³-hybridized carbons (Fsp3) is 0.353. The summed E-state index contributed by atoms with van der Waals surface area (Å²) in [6.45, 7) is 14.7. The zero-order chi connectivity index (χ0) is 29.2. The van der Waals surface area contributed by atoms with E-state index >= 15 is 0 Å². The zero-order valence-electron chi connectivity index (χ0n) is 24.4. The van der Waals surface area contributed by atoms with Crippen molar-refractivity contribution in [3.8, 4) is 17.2 Å². The molecule has 212 valence electrons. The van der Waals surface area contributed by atoms with Gasteiger partial charge in [0.05, 0.1) is 25.3 Å². The number of hydrogen-bond donors (Lipinski definition) is 0. The topological polar surface area (TPSA) is 61.6 Å². The SMILES string of the molecule is C=C(C=CC(Cl)=CC)c1cc(C(C)C(CC)C(=O)OC)c(CC)cc1OCCc1nc(-c2ccccc2)oc1C. The van der Waals surface area contributed by atoms with E-state index in [2.05, 4.69) is 32.6 Å². The largest absolute Gasteiger partial charge is 0.493 e. The first-order valence-corrected chi connectivity index (χ1v) is 14.2. The van der Waals surface area contributed by atoms with Crippen LogP contribution < -0.4 is 4.74 Å². The second kappa shape index (κ2) is 14.7. The minimum atomic E-state index is -0.245. The van der Waals surface area contributed by atoms with Crippen LogP contribution in [0.3, 0.4) is 0 Å². The van der Waals surface area contributed by atoms with Crippen LogP contribution >= 0.6 is 11.6 Å². The number of nitrogens with zero attached hydrogens (tertiary/aromatic N) is 1. The predicted octanol–water partition coefficient (Wildman–Crippen LogP) is 8.85. The maximum Gasteiger partial charge on any atom is 0.309 e. The Balaban J connectivity index is 1.93. The first-order valence-electron chi connectivity index (χ1n) is 13.8. The molecule has 0 amide bonds. The molecule has 0 aliphatic carbocycles. The van der Waals surface area contributed by atoms with Crippen molar-refractivity contribution < 1.29 is 18.7 Å². The van der Waals surface area contributed by atoms with E-state index in [1.54, 1.807) is 0 Å². The Morgan fingerprint density at radius 3 is 2.52 bits per heavy atom.